The van der Waals surface area contributed by atoms with Crippen LogP contribution >= 0.6 is 0 Å². The second-order valence-electron chi connectivity index (χ2n) is 5.57. The van der Waals surface area contributed by atoms with Gasteiger partial charge in [0.05, 0.1) is 5.60 Å². The molecule has 0 bridgehead atoms. The lowest BCUT2D eigenvalue weighted by atomic mass is 9.69. The Morgan fingerprint density at radius 3 is 2.36 bits per heavy atom. The van der Waals surface area contributed by atoms with E-state index < -0.39 is 5.60 Å². The summed E-state index contributed by atoms with van der Waals surface area (Å²) in [5, 5.41) is 10.7. The summed E-state index contributed by atoms with van der Waals surface area (Å²) in [6, 6.07) is 0. The minimum absolute atomic E-state index is 0.0584. The van der Waals surface area contributed by atoms with Gasteiger partial charge in [-0.25, -0.2) is 0 Å². The second-order valence-corrected chi connectivity index (χ2v) is 5.57. The normalized spacial score (nSPS) is 41.8. The maximum Gasteiger partial charge on any atom is 0.0715 e. The quantitative estimate of drug-likeness (QED) is 0.711. The zero-order valence-electron chi connectivity index (χ0n) is 9.26. The number of aliphatic hydroxyl groups is 1. The van der Waals surface area contributed by atoms with Gasteiger partial charge in [0.2, 0.25) is 0 Å². The summed E-state index contributed by atoms with van der Waals surface area (Å²) < 4.78 is 0. The Kier molecular flexibility index (Phi) is 2.61. The molecule has 2 rings (SSSR count). The molecule has 0 aromatic carbocycles. The minimum atomic E-state index is -0.424. The number of nitrogens with two attached hydrogens (primary N) is 1. The molecule has 2 heteroatoms. The molecule has 2 aliphatic rings. The van der Waals surface area contributed by atoms with Crippen LogP contribution < -0.4 is 5.73 Å². The minimum Gasteiger partial charge on any atom is -0.389 e. The fourth-order valence-electron chi connectivity index (χ4n) is 3.68. The molecule has 2 fully saturated rings. The van der Waals surface area contributed by atoms with E-state index in [9.17, 15) is 5.11 Å². The molecule has 0 saturated heterocycles. The van der Waals surface area contributed by atoms with Crippen LogP contribution in [-0.2, 0) is 0 Å². The molecule has 0 radical (unpaired) electrons. The summed E-state index contributed by atoms with van der Waals surface area (Å²) in [5.41, 5.74) is 5.57. The Balaban J connectivity index is 2.19. The van der Waals surface area contributed by atoms with Gasteiger partial charge >= 0.3 is 0 Å². The largest absolute Gasteiger partial charge is 0.389 e. The fraction of sp³-hybridized carbons (Fsp3) is 1.00. The molecular weight excluding hydrogens is 174 g/mol. The number of hydrogen-bond donors (Lipinski definition) is 2. The summed E-state index contributed by atoms with van der Waals surface area (Å²) in [6.07, 6.45) is 7.87. The lowest BCUT2D eigenvalue weighted by Crippen LogP contribution is -2.49. The average molecular weight is 197 g/mol. The van der Waals surface area contributed by atoms with Crippen LogP contribution in [-0.4, -0.2) is 17.3 Å². The van der Waals surface area contributed by atoms with Crippen molar-refractivity contribution in [3.8, 4) is 0 Å². The van der Waals surface area contributed by atoms with Gasteiger partial charge in [-0.3, -0.25) is 0 Å². The van der Waals surface area contributed by atoms with Crippen molar-refractivity contribution in [2.24, 2.45) is 17.1 Å². The second kappa shape index (κ2) is 3.49. The molecule has 0 heterocycles. The van der Waals surface area contributed by atoms with E-state index in [2.05, 4.69) is 6.92 Å². The third-order valence-corrected chi connectivity index (χ3v) is 4.66. The van der Waals surface area contributed by atoms with Crippen molar-refractivity contribution in [3.05, 3.63) is 0 Å². The molecule has 0 aromatic rings. The van der Waals surface area contributed by atoms with Crippen molar-refractivity contribution < 1.29 is 5.11 Å². The van der Waals surface area contributed by atoms with E-state index in [1.54, 1.807) is 0 Å². The van der Waals surface area contributed by atoms with Crippen molar-refractivity contribution in [2.45, 2.75) is 57.5 Å². The molecule has 0 aromatic heterocycles. The van der Waals surface area contributed by atoms with Gasteiger partial charge in [-0.2, -0.15) is 0 Å². The Hall–Kier alpha value is -0.0800. The third kappa shape index (κ3) is 1.40. The maximum atomic E-state index is 10.7. The van der Waals surface area contributed by atoms with E-state index in [1.165, 1.54) is 19.3 Å². The first-order valence-corrected chi connectivity index (χ1v) is 6.04. The third-order valence-electron chi connectivity index (χ3n) is 4.66. The molecule has 2 aliphatic carbocycles. The van der Waals surface area contributed by atoms with Gasteiger partial charge in [0, 0.05) is 12.0 Å². The highest BCUT2D eigenvalue weighted by Gasteiger charge is 2.53. The standard InChI is InChI=1S/C12H23NO/c1-10-4-7-11(8-10,9-13)12(14)5-2-3-6-12/h10,14H,2-9,13H2,1H3. The molecule has 3 N–H and O–H groups in total. The van der Waals surface area contributed by atoms with Crippen molar-refractivity contribution >= 4 is 0 Å². The summed E-state index contributed by atoms with van der Waals surface area (Å²) in [4.78, 5) is 0. The maximum absolute atomic E-state index is 10.7. The van der Waals surface area contributed by atoms with Crippen LogP contribution in [0.1, 0.15) is 51.9 Å². The molecule has 2 saturated carbocycles. The van der Waals surface area contributed by atoms with Crippen LogP contribution in [0.25, 0.3) is 0 Å². The van der Waals surface area contributed by atoms with Gasteiger partial charge in [0.15, 0.2) is 0 Å². The summed E-state index contributed by atoms with van der Waals surface area (Å²) in [6.45, 7) is 2.96. The van der Waals surface area contributed by atoms with E-state index >= 15 is 0 Å². The van der Waals surface area contributed by atoms with E-state index in [4.69, 9.17) is 5.73 Å². The molecule has 2 nitrogen and oxygen atoms in total. The molecule has 2 unspecified atom stereocenters. The van der Waals surface area contributed by atoms with E-state index in [1.807, 2.05) is 0 Å². The lowest BCUT2D eigenvalue weighted by molar-refractivity contribution is -0.0742. The first-order valence-electron chi connectivity index (χ1n) is 6.04. The van der Waals surface area contributed by atoms with Gasteiger partial charge in [-0.1, -0.05) is 26.2 Å². The summed E-state index contributed by atoms with van der Waals surface area (Å²) >= 11 is 0. The van der Waals surface area contributed by atoms with Crippen molar-refractivity contribution in [1.82, 2.24) is 0 Å². The molecule has 82 valence electrons. The Labute approximate surface area is 86.9 Å². The van der Waals surface area contributed by atoms with E-state index in [-0.39, 0.29) is 5.41 Å². The monoisotopic (exact) mass is 197 g/mol. The van der Waals surface area contributed by atoms with Crippen LogP contribution in [0.3, 0.4) is 0 Å². The first-order chi connectivity index (χ1) is 6.62. The number of hydrogen-bond acceptors (Lipinski definition) is 2. The first kappa shape index (κ1) is 10.4. The summed E-state index contributed by atoms with van der Waals surface area (Å²) in [5.74, 6) is 0.753. The van der Waals surface area contributed by atoms with Gasteiger partial charge in [0.1, 0.15) is 0 Å². The number of rotatable bonds is 2. The topological polar surface area (TPSA) is 46.2 Å². The zero-order valence-corrected chi connectivity index (χ0v) is 9.26. The van der Waals surface area contributed by atoms with E-state index in [0.29, 0.717) is 6.54 Å². The van der Waals surface area contributed by atoms with Crippen molar-refractivity contribution in [3.63, 3.8) is 0 Å². The predicted molar refractivity (Wildman–Crippen MR) is 57.9 cm³/mol. The predicted octanol–water partition coefficient (Wildman–Crippen LogP) is 2.06. The molecule has 0 aliphatic heterocycles. The van der Waals surface area contributed by atoms with Gasteiger partial charge in [-0.15, -0.1) is 0 Å². The Morgan fingerprint density at radius 1 is 1.29 bits per heavy atom. The molecule has 0 spiro atoms. The Bertz CT molecular complexity index is 210. The van der Waals surface area contributed by atoms with Crippen molar-refractivity contribution in [1.29, 1.82) is 0 Å². The summed E-state index contributed by atoms with van der Waals surface area (Å²) in [7, 11) is 0. The highest BCUT2D eigenvalue weighted by Crippen LogP contribution is 2.54. The van der Waals surface area contributed by atoms with Gasteiger partial charge in [0.25, 0.3) is 0 Å². The van der Waals surface area contributed by atoms with Crippen molar-refractivity contribution in [2.75, 3.05) is 6.54 Å². The highest BCUT2D eigenvalue weighted by molar-refractivity contribution is 5.05. The van der Waals surface area contributed by atoms with Crippen LogP contribution in [0.2, 0.25) is 0 Å². The van der Waals surface area contributed by atoms with Crippen LogP contribution in [0, 0.1) is 11.3 Å². The molecule has 0 amide bonds. The van der Waals surface area contributed by atoms with Crippen LogP contribution in [0.5, 0.6) is 0 Å². The van der Waals surface area contributed by atoms with Crippen LogP contribution in [0.15, 0.2) is 0 Å². The Morgan fingerprint density at radius 2 is 1.93 bits per heavy atom. The zero-order chi connectivity index (χ0) is 10.2. The smallest absolute Gasteiger partial charge is 0.0715 e. The lowest BCUT2D eigenvalue weighted by Gasteiger charge is -2.42. The molecule has 14 heavy (non-hydrogen) atoms. The van der Waals surface area contributed by atoms with Crippen LogP contribution in [0.4, 0.5) is 0 Å². The van der Waals surface area contributed by atoms with Gasteiger partial charge < -0.3 is 10.8 Å². The SMILES string of the molecule is CC1CCC(CN)(C2(O)CCCC2)C1. The van der Waals surface area contributed by atoms with Gasteiger partial charge in [-0.05, 0) is 31.6 Å². The fourth-order valence-corrected chi connectivity index (χ4v) is 3.68. The average Bonchev–Trinajstić information content (AvgIpc) is 2.74. The molecular formula is C12H23NO. The highest BCUT2D eigenvalue weighted by atomic mass is 16.3. The molecule has 2 atom stereocenters. The van der Waals surface area contributed by atoms with E-state index in [0.717, 1.165) is 31.6 Å².